The lowest BCUT2D eigenvalue weighted by molar-refractivity contribution is 0.0299. The fourth-order valence-electron chi connectivity index (χ4n) is 2.56. The summed E-state index contributed by atoms with van der Waals surface area (Å²) in [5.41, 5.74) is 1.17. The standard InChI is InChI=1S/C18H19N3O4/c1-24-16-5-3-2-4-14(16)20-17(22)13-6-7-19-15(12-13)18(23)21-8-10-25-11-9-21/h2-7,12H,8-11H2,1H3,(H,20,22). The van der Waals surface area contributed by atoms with Gasteiger partial charge in [0, 0.05) is 24.8 Å². The summed E-state index contributed by atoms with van der Waals surface area (Å²) in [6.07, 6.45) is 1.46. The number of carbonyl (C=O) groups excluding carboxylic acids is 2. The Kier molecular flexibility index (Phi) is 5.25. The molecule has 25 heavy (non-hydrogen) atoms. The number of anilines is 1. The van der Waals surface area contributed by atoms with Crippen LogP contribution in [-0.4, -0.2) is 55.1 Å². The van der Waals surface area contributed by atoms with E-state index in [9.17, 15) is 9.59 Å². The van der Waals surface area contributed by atoms with Gasteiger partial charge in [0.25, 0.3) is 11.8 Å². The molecule has 1 fully saturated rings. The van der Waals surface area contributed by atoms with Crippen LogP contribution in [0.25, 0.3) is 0 Å². The summed E-state index contributed by atoms with van der Waals surface area (Å²) < 4.78 is 10.5. The van der Waals surface area contributed by atoms with E-state index in [1.165, 1.54) is 19.4 Å². The topological polar surface area (TPSA) is 80.8 Å². The Hall–Kier alpha value is -2.93. The van der Waals surface area contributed by atoms with Crippen LogP contribution in [-0.2, 0) is 4.74 Å². The highest BCUT2D eigenvalue weighted by Gasteiger charge is 2.20. The van der Waals surface area contributed by atoms with Crippen LogP contribution in [0, 0.1) is 0 Å². The zero-order valence-corrected chi connectivity index (χ0v) is 13.9. The van der Waals surface area contributed by atoms with E-state index in [1.807, 2.05) is 6.07 Å². The Morgan fingerprint density at radius 3 is 2.72 bits per heavy atom. The average Bonchev–Trinajstić information content (AvgIpc) is 2.68. The minimum atomic E-state index is -0.331. The molecule has 3 rings (SSSR count). The van der Waals surface area contributed by atoms with Gasteiger partial charge in [-0.25, -0.2) is 0 Å². The highest BCUT2D eigenvalue weighted by atomic mass is 16.5. The third-order valence-corrected chi connectivity index (χ3v) is 3.89. The minimum Gasteiger partial charge on any atom is -0.495 e. The molecule has 7 heteroatoms. The molecule has 0 unspecified atom stereocenters. The molecule has 1 aromatic carbocycles. The lowest BCUT2D eigenvalue weighted by Gasteiger charge is -2.26. The zero-order chi connectivity index (χ0) is 17.6. The first kappa shape index (κ1) is 16.9. The van der Waals surface area contributed by atoms with Crippen molar-refractivity contribution in [1.82, 2.24) is 9.88 Å². The molecule has 0 bridgehead atoms. The third-order valence-electron chi connectivity index (χ3n) is 3.89. The van der Waals surface area contributed by atoms with Gasteiger partial charge in [-0.3, -0.25) is 14.6 Å². The first-order chi connectivity index (χ1) is 12.2. The van der Waals surface area contributed by atoms with E-state index in [1.54, 1.807) is 29.2 Å². The lowest BCUT2D eigenvalue weighted by Crippen LogP contribution is -2.41. The van der Waals surface area contributed by atoms with Crippen LogP contribution in [0.5, 0.6) is 5.75 Å². The summed E-state index contributed by atoms with van der Waals surface area (Å²) in [7, 11) is 1.54. The van der Waals surface area contributed by atoms with E-state index in [4.69, 9.17) is 9.47 Å². The van der Waals surface area contributed by atoms with Gasteiger partial charge in [0.15, 0.2) is 0 Å². The van der Waals surface area contributed by atoms with E-state index < -0.39 is 0 Å². The number of benzene rings is 1. The van der Waals surface area contributed by atoms with Gasteiger partial charge >= 0.3 is 0 Å². The molecular formula is C18H19N3O4. The second-order valence-electron chi connectivity index (χ2n) is 5.49. The Labute approximate surface area is 145 Å². The molecule has 1 aliphatic heterocycles. The molecule has 0 spiro atoms. The van der Waals surface area contributed by atoms with Gasteiger partial charge < -0.3 is 19.7 Å². The molecule has 1 aliphatic rings. The second kappa shape index (κ2) is 7.76. The van der Waals surface area contributed by atoms with Crippen molar-refractivity contribution < 1.29 is 19.1 Å². The molecule has 7 nitrogen and oxygen atoms in total. The number of methoxy groups -OCH3 is 1. The number of hydrogen-bond acceptors (Lipinski definition) is 5. The quantitative estimate of drug-likeness (QED) is 0.917. The van der Waals surface area contributed by atoms with E-state index in [0.29, 0.717) is 43.3 Å². The van der Waals surface area contributed by atoms with Crippen LogP contribution >= 0.6 is 0 Å². The molecule has 1 saturated heterocycles. The van der Waals surface area contributed by atoms with E-state index in [-0.39, 0.29) is 17.5 Å². The van der Waals surface area contributed by atoms with Crippen molar-refractivity contribution in [3.8, 4) is 5.75 Å². The number of amides is 2. The number of rotatable bonds is 4. The second-order valence-corrected chi connectivity index (χ2v) is 5.49. The van der Waals surface area contributed by atoms with Gasteiger partial charge in [0.1, 0.15) is 11.4 Å². The van der Waals surface area contributed by atoms with Crippen LogP contribution in [0.3, 0.4) is 0 Å². The van der Waals surface area contributed by atoms with Crippen molar-refractivity contribution in [1.29, 1.82) is 0 Å². The van der Waals surface area contributed by atoms with Crippen molar-refractivity contribution >= 4 is 17.5 Å². The van der Waals surface area contributed by atoms with Crippen LogP contribution in [0.2, 0.25) is 0 Å². The third kappa shape index (κ3) is 3.95. The number of pyridine rings is 1. The van der Waals surface area contributed by atoms with Gasteiger partial charge in [-0.1, -0.05) is 12.1 Å². The van der Waals surface area contributed by atoms with Gasteiger partial charge in [0.2, 0.25) is 0 Å². The molecule has 0 radical (unpaired) electrons. The Morgan fingerprint density at radius 2 is 1.96 bits per heavy atom. The van der Waals surface area contributed by atoms with Crippen LogP contribution in [0.4, 0.5) is 5.69 Å². The number of para-hydroxylation sites is 2. The fourth-order valence-corrected chi connectivity index (χ4v) is 2.56. The Balaban J connectivity index is 1.76. The predicted molar refractivity (Wildman–Crippen MR) is 91.9 cm³/mol. The van der Waals surface area contributed by atoms with Crippen molar-refractivity contribution in [2.45, 2.75) is 0 Å². The molecule has 2 heterocycles. The van der Waals surface area contributed by atoms with E-state index >= 15 is 0 Å². The van der Waals surface area contributed by atoms with Gasteiger partial charge in [-0.2, -0.15) is 0 Å². The van der Waals surface area contributed by atoms with Crippen LogP contribution < -0.4 is 10.1 Å². The highest BCUT2D eigenvalue weighted by Crippen LogP contribution is 2.23. The molecule has 1 aromatic heterocycles. The molecule has 0 saturated carbocycles. The number of morpholine rings is 1. The normalized spacial score (nSPS) is 14.0. The summed E-state index contributed by atoms with van der Waals surface area (Å²) in [6.45, 7) is 2.08. The first-order valence-corrected chi connectivity index (χ1v) is 7.96. The smallest absolute Gasteiger partial charge is 0.272 e. The number of carbonyl (C=O) groups is 2. The average molecular weight is 341 g/mol. The summed E-state index contributed by atoms with van der Waals surface area (Å²) in [4.78, 5) is 30.8. The monoisotopic (exact) mass is 341 g/mol. The molecule has 2 aromatic rings. The molecule has 0 atom stereocenters. The summed E-state index contributed by atoms with van der Waals surface area (Å²) >= 11 is 0. The fraction of sp³-hybridized carbons (Fsp3) is 0.278. The van der Waals surface area contributed by atoms with Crippen molar-refractivity contribution in [2.75, 3.05) is 38.7 Å². The van der Waals surface area contributed by atoms with E-state index in [0.717, 1.165) is 0 Å². The number of hydrogen-bond donors (Lipinski definition) is 1. The van der Waals surface area contributed by atoms with Gasteiger partial charge in [0.05, 0.1) is 26.0 Å². The number of ether oxygens (including phenoxy) is 2. The number of nitrogens with zero attached hydrogens (tertiary/aromatic N) is 2. The maximum absolute atomic E-state index is 12.5. The number of aromatic nitrogens is 1. The maximum atomic E-state index is 12.5. The van der Waals surface area contributed by atoms with Crippen molar-refractivity contribution in [3.05, 3.63) is 53.9 Å². The summed E-state index contributed by atoms with van der Waals surface area (Å²) in [5.74, 6) is 0.0349. The lowest BCUT2D eigenvalue weighted by atomic mass is 10.2. The van der Waals surface area contributed by atoms with Crippen molar-refractivity contribution in [2.24, 2.45) is 0 Å². The van der Waals surface area contributed by atoms with E-state index in [2.05, 4.69) is 10.3 Å². The highest BCUT2D eigenvalue weighted by molar-refractivity contribution is 6.06. The van der Waals surface area contributed by atoms with Crippen LogP contribution in [0.1, 0.15) is 20.8 Å². The minimum absolute atomic E-state index is 0.199. The van der Waals surface area contributed by atoms with Gasteiger partial charge in [-0.15, -0.1) is 0 Å². The SMILES string of the molecule is COc1ccccc1NC(=O)c1ccnc(C(=O)N2CCOCC2)c1. The first-order valence-electron chi connectivity index (χ1n) is 7.96. The Bertz CT molecular complexity index is 772. The van der Waals surface area contributed by atoms with Crippen LogP contribution in [0.15, 0.2) is 42.6 Å². The predicted octanol–water partition coefficient (Wildman–Crippen LogP) is 1.81. The Morgan fingerprint density at radius 1 is 1.20 bits per heavy atom. The van der Waals surface area contributed by atoms with Gasteiger partial charge in [-0.05, 0) is 24.3 Å². The van der Waals surface area contributed by atoms with Crippen molar-refractivity contribution in [3.63, 3.8) is 0 Å². The zero-order valence-electron chi connectivity index (χ0n) is 13.9. The molecular weight excluding hydrogens is 322 g/mol. The molecule has 0 aliphatic carbocycles. The summed E-state index contributed by atoms with van der Waals surface area (Å²) in [6, 6.07) is 10.2. The molecule has 1 N–H and O–H groups in total. The molecule has 2 amide bonds. The maximum Gasteiger partial charge on any atom is 0.272 e. The molecule has 130 valence electrons. The summed E-state index contributed by atoms with van der Waals surface area (Å²) in [5, 5.41) is 2.79. The number of nitrogens with one attached hydrogen (secondary N) is 1. The largest absolute Gasteiger partial charge is 0.495 e.